The van der Waals surface area contributed by atoms with Crippen LogP contribution in [0.15, 0.2) is 47.3 Å². The molecular weight excluding hydrogens is 216 g/mol. The Balaban J connectivity index is 1.91. The number of furan rings is 1. The molecule has 0 saturated heterocycles. The molecule has 0 saturated carbocycles. The molecule has 0 aromatic carbocycles. The van der Waals surface area contributed by atoms with Gasteiger partial charge < -0.3 is 9.73 Å². The molecule has 1 atom stereocenters. The monoisotopic (exact) mass is 230 g/mol. The van der Waals surface area contributed by atoms with Crippen molar-refractivity contribution in [2.24, 2.45) is 0 Å². The Morgan fingerprint density at radius 2 is 2.18 bits per heavy atom. The fourth-order valence-electron chi connectivity index (χ4n) is 1.59. The summed E-state index contributed by atoms with van der Waals surface area (Å²) in [7, 11) is 0. The van der Waals surface area contributed by atoms with E-state index in [-0.39, 0.29) is 11.9 Å². The van der Waals surface area contributed by atoms with Crippen LogP contribution in [-0.2, 0) is 6.42 Å². The number of carbonyl (C=O) groups excluding carboxylic acids is 1. The third-order valence-corrected chi connectivity index (χ3v) is 2.41. The first-order valence-corrected chi connectivity index (χ1v) is 5.49. The number of nitrogens with one attached hydrogen (secondary N) is 1. The molecule has 4 nitrogen and oxygen atoms in total. The van der Waals surface area contributed by atoms with Crippen LogP contribution in [0.4, 0.5) is 0 Å². The molecule has 2 aromatic rings. The van der Waals surface area contributed by atoms with Gasteiger partial charge in [-0.25, -0.2) is 0 Å². The maximum absolute atomic E-state index is 11.8. The number of hydrogen-bond acceptors (Lipinski definition) is 3. The highest BCUT2D eigenvalue weighted by Crippen LogP contribution is 2.05. The number of carbonyl (C=O) groups is 1. The summed E-state index contributed by atoms with van der Waals surface area (Å²) in [6.07, 6.45) is 5.52. The molecule has 0 radical (unpaired) electrons. The van der Waals surface area contributed by atoms with Crippen molar-refractivity contribution < 1.29 is 9.21 Å². The van der Waals surface area contributed by atoms with Crippen molar-refractivity contribution in [3.63, 3.8) is 0 Å². The zero-order valence-corrected chi connectivity index (χ0v) is 9.59. The average molecular weight is 230 g/mol. The predicted octanol–water partition coefficient (Wildman–Crippen LogP) is 2.04. The van der Waals surface area contributed by atoms with E-state index in [4.69, 9.17) is 4.42 Å². The van der Waals surface area contributed by atoms with Crippen LogP contribution in [0.5, 0.6) is 0 Å². The van der Waals surface area contributed by atoms with Crippen molar-refractivity contribution in [3.8, 4) is 0 Å². The summed E-state index contributed by atoms with van der Waals surface area (Å²) < 4.78 is 5.23. The summed E-state index contributed by atoms with van der Waals surface area (Å²) in [6.45, 7) is 1.95. The molecule has 2 aromatic heterocycles. The molecule has 1 N–H and O–H groups in total. The summed E-state index contributed by atoms with van der Waals surface area (Å²) in [6, 6.07) is 7.15. The topological polar surface area (TPSA) is 55.1 Å². The van der Waals surface area contributed by atoms with Crippen LogP contribution in [0.25, 0.3) is 0 Å². The Morgan fingerprint density at radius 3 is 2.82 bits per heavy atom. The van der Waals surface area contributed by atoms with Gasteiger partial charge >= 0.3 is 0 Å². The second kappa shape index (κ2) is 5.30. The third-order valence-electron chi connectivity index (χ3n) is 2.41. The van der Waals surface area contributed by atoms with Gasteiger partial charge in [-0.05, 0) is 31.2 Å². The summed E-state index contributed by atoms with van der Waals surface area (Å²) >= 11 is 0. The van der Waals surface area contributed by atoms with Gasteiger partial charge in [0, 0.05) is 30.4 Å². The van der Waals surface area contributed by atoms with Gasteiger partial charge in [-0.2, -0.15) is 0 Å². The molecule has 1 amide bonds. The number of pyridine rings is 1. The van der Waals surface area contributed by atoms with E-state index < -0.39 is 0 Å². The number of nitrogens with zero attached hydrogens (tertiary/aromatic N) is 1. The molecule has 88 valence electrons. The highest BCUT2D eigenvalue weighted by atomic mass is 16.3. The third kappa shape index (κ3) is 3.17. The van der Waals surface area contributed by atoms with E-state index in [1.807, 2.05) is 19.1 Å². The highest BCUT2D eigenvalue weighted by Gasteiger charge is 2.10. The summed E-state index contributed by atoms with van der Waals surface area (Å²) in [5.41, 5.74) is 0.617. The van der Waals surface area contributed by atoms with E-state index in [0.29, 0.717) is 12.0 Å². The van der Waals surface area contributed by atoms with Crippen molar-refractivity contribution >= 4 is 5.91 Å². The SMILES string of the molecule is C[C@@H](Cc1ccco1)NC(=O)c1ccncc1. The lowest BCUT2D eigenvalue weighted by Gasteiger charge is -2.12. The zero-order valence-electron chi connectivity index (χ0n) is 9.59. The van der Waals surface area contributed by atoms with Crippen molar-refractivity contribution in [2.45, 2.75) is 19.4 Å². The quantitative estimate of drug-likeness (QED) is 0.874. The first kappa shape index (κ1) is 11.4. The van der Waals surface area contributed by atoms with Crippen molar-refractivity contribution in [2.75, 3.05) is 0 Å². The van der Waals surface area contributed by atoms with Gasteiger partial charge in [-0.15, -0.1) is 0 Å². The maximum atomic E-state index is 11.8. The molecule has 0 aliphatic rings. The van der Waals surface area contributed by atoms with Gasteiger partial charge in [0.25, 0.3) is 5.91 Å². The second-order valence-electron chi connectivity index (χ2n) is 3.89. The van der Waals surface area contributed by atoms with Crippen LogP contribution in [0.3, 0.4) is 0 Å². The highest BCUT2D eigenvalue weighted by molar-refractivity contribution is 5.94. The Bertz CT molecular complexity index is 465. The van der Waals surface area contributed by atoms with Crippen molar-refractivity contribution in [1.82, 2.24) is 10.3 Å². The maximum Gasteiger partial charge on any atom is 0.251 e. The zero-order chi connectivity index (χ0) is 12.1. The van der Waals surface area contributed by atoms with Gasteiger partial charge in [0.1, 0.15) is 5.76 Å². The number of aromatic nitrogens is 1. The molecule has 0 fully saturated rings. The second-order valence-corrected chi connectivity index (χ2v) is 3.89. The van der Waals surface area contributed by atoms with E-state index in [1.54, 1.807) is 30.8 Å². The van der Waals surface area contributed by atoms with Gasteiger partial charge in [0.15, 0.2) is 0 Å². The van der Waals surface area contributed by atoms with Crippen LogP contribution in [-0.4, -0.2) is 16.9 Å². The molecule has 0 spiro atoms. The molecule has 2 rings (SSSR count). The van der Waals surface area contributed by atoms with Crippen LogP contribution in [0, 0.1) is 0 Å². The standard InChI is InChI=1S/C13H14N2O2/c1-10(9-12-3-2-8-17-12)15-13(16)11-4-6-14-7-5-11/h2-8,10H,9H2,1H3,(H,15,16)/t10-/m0/s1. The van der Waals surface area contributed by atoms with Gasteiger partial charge in [-0.3, -0.25) is 9.78 Å². The van der Waals surface area contributed by atoms with Crippen LogP contribution in [0.1, 0.15) is 23.0 Å². The largest absolute Gasteiger partial charge is 0.469 e. The van der Waals surface area contributed by atoms with E-state index in [1.165, 1.54) is 0 Å². The van der Waals surface area contributed by atoms with Gasteiger partial charge in [-0.1, -0.05) is 0 Å². The molecule has 4 heteroatoms. The Kier molecular flexibility index (Phi) is 3.55. The Morgan fingerprint density at radius 1 is 1.41 bits per heavy atom. The van der Waals surface area contributed by atoms with E-state index >= 15 is 0 Å². The fourth-order valence-corrected chi connectivity index (χ4v) is 1.59. The van der Waals surface area contributed by atoms with E-state index in [2.05, 4.69) is 10.3 Å². The lowest BCUT2D eigenvalue weighted by Crippen LogP contribution is -2.33. The molecule has 0 aliphatic carbocycles. The van der Waals surface area contributed by atoms with E-state index in [9.17, 15) is 4.79 Å². The van der Waals surface area contributed by atoms with Crippen LogP contribution >= 0.6 is 0 Å². The molecule has 2 heterocycles. The molecule has 17 heavy (non-hydrogen) atoms. The van der Waals surface area contributed by atoms with Gasteiger partial charge in [0.05, 0.1) is 6.26 Å². The average Bonchev–Trinajstić information content (AvgIpc) is 2.82. The van der Waals surface area contributed by atoms with Crippen molar-refractivity contribution in [3.05, 3.63) is 54.2 Å². The minimum absolute atomic E-state index is 0.0295. The van der Waals surface area contributed by atoms with Gasteiger partial charge in [0.2, 0.25) is 0 Å². The molecule has 0 unspecified atom stereocenters. The predicted molar refractivity (Wildman–Crippen MR) is 63.6 cm³/mol. The minimum Gasteiger partial charge on any atom is -0.469 e. The number of hydrogen-bond donors (Lipinski definition) is 1. The summed E-state index contributed by atoms with van der Waals surface area (Å²) in [5, 5.41) is 2.91. The van der Waals surface area contributed by atoms with Crippen LogP contribution < -0.4 is 5.32 Å². The molecule has 0 aliphatic heterocycles. The number of amides is 1. The Labute approximate surface area is 99.7 Å². The Hall–Kier alpha value is -2.10. The summed E-state index contributed by atoms with van der Waals surface area (Å²) in [4.78, 5) is 15.7. The molecule has 0 bridgehead atoms. The fraction of sp³-hybridized carbons (Fsp3) is 0.231. The lowest BCUT2D eigenvalue weighted by molar-refractivity contribution is 0.0939. The van der Waals surface area contributed by atoms with Crippen molar-refractivity contribution in [1.29, 1.82) is 0 Å². The first-order chi connectivity index (χ1) is 8.25. The first-order valence-electron chi connectivity index (χ1n) is 5.49. The smallest absolute Gasteiger partial charge is 0.251 e. The lowest BCUT2D eigenvalue weighted by atomic mass is 10.1. The number of rotatable bonds is 4. The normalized spacial score (nSPS) is 12.1. The van der Waals surface area contributed by atoms with E-state index in [0.717, 1.165) is 5.76 Å². The summed E-state index contributed by atoms with van der Waals surface area (Å²) in [5.74, 6) is 0.777. The molecular formula is C13H14N2O2. The van der Waals surface area contributed by atoms with Crippen LogP contribution in [0.2, 0.25) is 0 Å². The minimum atomic E-state index is -0.0912.